The quantitative estimate of drug-likeness (QED) is 0.470. The van der Waals surface area contributed by atoms with Crippen LogP contribution < -0.4 is 5.32 Å². The maximum atomic E-state index is 11.9. The Labute approximate surface area is 153 Å². The van der Waals surface area contributed by atoms with Crippen molar-refractivity contribution in [2.75, 3.05) is 16.9 Å². The molecule has 1 aromatic heterocycles. The van der Waals surface area contributed by atoms with Gasteiger partial charge in [0.15, 0.2) is 4.34 Å². The summed E-state index contributed by atoms with van der Waals surface area (Å²) < 4.78 is 7.46. The lowest BCUT2D eigenvalue weighted by atomic mass is 10.3. The van der Waals surface area contributed by atoms with Crippen molar-refractivity contribution in [1.29, 1.82) is 0 Å². The number of aromatic nitrogens is 1. The summed E-state index contributed by atoms with van der Waals surface area (Å²) in [5.74, 6) is 0.797. The molecule has 7 heteroatoms. The average Bonchev–Trinajstić information content (AvgIpc) is 3.02. The standard InChI is InChI=1S/C17H15ClN2O2S2/c18-10-13(22-16(21)19-12-6-2-1-3-7-12)11-23-17-20-14-8-4-5-9-15(14)24-17/h1-9,13H,10-11H2,(H,19,21). The molecule has 3 rings (SSSR count). The number of nitrogens with one attached hydrogen (secondary N) is 1. The van der Waals surface area contributed by atoms with Crippen molar-refractivity contribution in [3.05, 3.63) is 54.6 Å². The molecule has 1 unspecified atom stereocenters. The van der Waals surface area contributed by atoms with Crippen LogP contribution in [-0.4, -0.2) is 28.8 Å². The van der Waals surface area contributed by atoms with Crippen molar-refractivity contribution in [2.45, 2.75) is 10.4 Å². The van der Waals surface area contributed by atoms with Crippen molar-refractivity contribution in [2.24, 2.45) is 0 Å². The molecule has 0 spiro atoms. The fraction of sp³-hybridized carbons (Fsp3) is 0.176. The van der Waals surface area contributed by atoms with Gasteiger partial charge in [-0.05, 0) is 24.3 Å². The average molecular weight is 379 g/mol. The van der Waals surface area contributed by atoms with E-state index in [0.717, 1.165) is 14.6 Å². The lowest BCUT2D eigenvalue weighted by Crippen LogP contribution is -2.25. The number of thiazole rings is 1. The van der Waals surface area contributed by atoms with Crippen LogP contribution in [0.5, 0.6) is 0 Å². The van der Waals surface area contributed by atoms with E-state index in [-0.39, 0.29) is 12.0 Å². The number of alkyl halides is 1. The van der Waals surface area contributed by atoms with Crippen LogP contribution in [0.4, 0.5) is 10.5 Å². The molecule has 0 fully saturated rings. The molecular weight excluding hydrogens is 364 g/mol. The summed E-state index contributed by atoms with van der Waals surface area (Å²) in [6.45, 7) is 0. The molecule has 0 aliphatic heterocycles. The highest BCUT2D eigenvalue weighted by Gasteiger charge is 2.15. The van der Waals surface area contributed by atoms with Gasteiger partial charge in [-0.1, -0.05) is 42.1 Å². The maximum Gasteiger partial charge on any atom is 0.411 e. The first-order chi connectivity index (χ1) is 11.7. The van der Waals surface area contributed by atoms with Crippen LogP contribution in [0.2, 0.25) is 0 Å². The Hall–Kier alpha value is -1.76. The van der Waals surface area contributed by atoms with Crippen molar-refractivity contribution < 1.29 is 9.53 Å². The number of benzene rings is 2. The van der Waals surface area contributed by atoms with Gasteiger partial charge in [0, 0.05) is 11.4 Å². The summed E-state index contributed by atoms with van der Waals surface area (Å²) in [7, 11) is 0. The highest BCUT2D eigenvalue weighted by molar-refractivity contribution is 8.01. The highest BCUT2D eigenvalue weighted by Crippen LogP contribution is 2.30. The van der Waals surface area contributed by atoms with E-state index in [1.54, 1.807) is 35.2 Å². The van der Waals surface area contributed by atoms with Gasteiger partial charge in [-0.15, -0.1) is 22.9 Å². The van der Waals surface area contributed by atoms with E-state index < -0.39 is 6.09 Å². The molecule has 1 heterocycles. The third-order valence-corrected chi connectivity index (χ3v) is 5.79. The minimum atomic E-state index is -0.503. The number of carbonyl (C=O) groups excluding carboxylic acids is 1. The molecule has 1 N–H and O–H groups in total. The second kappa shape index (κ2) is 8.37. The number of thioether (sulfide) groups is 1. The van der Waals surface area contributed by atoms with Crippen LogP contribution in [-0.2, 0) is 4.74 Å². The van der Waals surface area contributed by atoms with Crippen molar-refractivity contribution in [3.8, 4) is 0 Å². The molecule has 1 amide bonds. The Kier molecular flexibility index (Phi) is 5.96. The van der Waals surface area contributed by atoms with E-state index in [0.29, 0.717) is 11.4 Å². The van der Waals surface area contributed by atoms with Crippen molar-refractivity contribution >= 4 is 56.7 Å². The van der Waals surface area contributed by atoms with Gasteiger partial charge >= 0.3 is 6.09 Å². The zero-order chi connectivity index (χ0) is 16.8. The Morgan fingerprint density at radius 3 is 2.71 bits per heavy atom. The fourth-order valence-electron chi connectivity index (χ4n) is 2.01. The molecule has 124 valence electrons. The van der Waals surface area contributed by atoms with Crippen LogP contribution in [0.1, 0.15) is 0 Å². The SMILES string of the molecule is O=C(Nc1ccccc1)OC(CCl)CSc1nc2ccccc2s1. The fourth-order valence-corrected chi connectivity index (χ4v) is 4.39. The monoisotopic (exact) mass is 378 g/mol. The van der Waals surface area contributed by atoms with Gasteiger partial charge in [0.25, 0.3) is 0 Å². The minimum absolute atomic E-state index is 0.236. The van der Waals surface area contributed by atoms with E-state index in [2.05, 4.69) is 10.3 Å². The minimum Gasteiger partial charge on any atom is -0.444 e. The van der Waals surface area contributed by atoms with Gasteiger partial charge in [-0.25, -0.2) is 9.78 Å². The predicted octanol–water partition coefficient (Wildman–Crippen LogP) is 5.24. The van der Waals surface area contributed by atoms with Crippen molar-refractivity contribution in [1.82, 2.24) is 4.98 Å². The van der Waals surface area contributed by atoms with E-state index in [1.807, 2.05) is 42.5 Å². The first-order valence-electron chi connectivity index (χ1n) is 7.31. The van der Waals surface area contributed by atoms with Crippen LogP contribution in [0.3, 0.4) is 0 Å². The Morgan fingerprint density at radius 2 is 1.96 bits per heavy atom. The molecule has 0 aliphatic rings. The molecule has 0 aliphatic carbocycles. The normalized spacial score (nSPS) is 12.0. The molecule has 0 saturated carbocycles. The van der Waals surface area contributed by atoms with Gasteiger partial charge in [0.05, 0.1) is 16.1 Å². The van der Waals surface area contributed by atoms with Gasteiger partial charge in [-0.3, -0.25) is 5.32 Å². The molecule has 1 atom stereocenters. The molecule has 3 aromatic rings. The molecule has 2 aromatic carbocycles. The number of ether oxygens (including phenoxy) is 1. The first-order valence-corrected chi connectivity index (χ1v) is 9.65. The topological polar surface area (TPSA) is 51.2 Å². The van der Waals surface area contributed by atoms with Gasteiger partial charge in [-0.2, -0.15) is 0 Å². The van der Waals surface area contributed by atoms with Crippen LogP contribution in [0, 0.1) is 0 Å². The van der Waals surface area contributed by atoms with Crippen molar-refractivity contribution in [3.63, 3.8) is 0 Å². The van der Waals surface area contributed by atoms with Crippen LogP contribution in [0.25, 0.3) is 10.2 Å². The number of amides is 1. The number of hydrogen-bond donors (Lipinski definition) is 1. The van der Waals surface area contributed by atoms with Gasteiger partial charge < -0.3 is 4.74 Å². The van der Waals surface area contributed by atoms with E-state index >= 15 is 0 Å². The Balaban J connectivity index is 1.53. The molecule has 0 radical (unpaired) electrons. The largest absolute Gasteiger partial charge is 0.444 e. The maximum absolute atomic E-state index is 11.9. The summed E-state index contributed by atoms with van der Waals surface area (Å²) in [4.78, 5) is 16.5. The number of para-hydroxylation sites is 2. The first kappa shape index (κ1) is 17.1. The number of fused-ring (bicyclic) bond motifs is 1. The number of carbonyl (C=O) groups is 1. The Bertz CT molecular complexity index is 777. The summed E-state index contributed by atoms with van der Waals surface area (Å²) in [6, 6.07) is 17.2. The summed E-state index contributed by atoms with van der Waals surface area (Å²) >= 11 is 9.09. The zero-order valence-corrected chi connectivity index (χ0v) is 15.0. The number of rotatable bonds is 6. The predicted molar refractivity (Wildman–Crippen MR) is 101 cm³/mol. The van der Waals surface area contributed by atoms with Gasteiger partial charge in [0.2, 0.25) is 0 Å². The third-order valence-electron chi connectivity index (χ3n) is 3.13. The van der Waals surface area contributed by atoms with Crippen LogP contribution in [0.15, 0.2) is 58.9 Å². The number of anilines is 1. The lowest BCUT2D eigenvalue weighted by molar-refractivity contribution is 0.133. The number of halogens is 1. The number of nitrogens with zero attached hydrogens (tertiary/aromatic N) is 1. The third kappa shape index (κ3) is 4.63. The molecule has 4 nitrogen and oxygen atoms in total. The van der Waals surface area contributed by atoms with E-state index in [1.165, 1.54) is 0 Å². The van der Waals surface area contributed by atoms with Crippen LogP contribution >= 0.6 is 34.7 Å². The lowest BCUT2D eigenvalue weighted by Gasteiger charge is -2.14. The summed E-state index contributed by atoms with van der Waals surface area (Å²) in [5.41, 5.74) is 1.67. The number of hydrogen-bond acceptors (Lipinski definition) is 5. The molecular formula is C17H15ClN2O2S2. The highest BCUT2D eigenvalue weighted by atomic mass is 35.5. The second-order valence-electron chi connectivity index (χ2n) is 4.93. The molecule has 24 heavy (non-hydrogen) atoms. The molecule has 0 saturated heterocycles. The smallest absolute Gasteiger partial charge is 0.411 e. The second-order valence-corrected chi connectivity index (χ2v) is 7.54. The summed E-state index contributed by atoms with van der Waals surface area (Å²) in [5, 5.41) is 2.68. The van der Waals surface area contributed by atoms with E-state index in [4.69, 9.17) is 16.3 Å². The summed E-state index contributed by atoms with van der Waals surface area (Å²) in [6.07, 6.45) is -0.885. The zero-order valence-electron chi connectivity index (χ0n) is 12.6. The van der Waals surface area contributed by atoms with Gasteiger partial charge in [0.1, 0.15) is 6.10 Å². The Morgan fingerprint density at radius 1 is 1.21 bits per heavy atom. The molecule has 0 bridgehead atoms. The van der Waals surface area contributed by atoms with E-state index in [9.17, 15) is 4.79 Å².